The van der Waals surface area contributed by atoms with Gasteiger partial charge in [-0.1, -0.05) is 60.7 Å². The topological polar surface area (TPSA) is 111 Å². The number of ether oxygens (including phenoxy) is 2. The molecule has 2 aromatic carbocycles. The molecule has 148 valence electrons. The standard InChI is InChI=1S/C19H23O2S.ClHO4/c1-22(2)17-13-20-19(21-14-17)18(15-9-5-3-6-10-15)16-11-7-4-8-12-16;2-1(3,4)5/h3-12,17-19H,13-14H2,1-2H3;(H,2,3,4,5)/q+1;/p-1. The highest BCUT2D eigenvalue weighted by Crippen LogP contribution is 2.32. The zero-order valence-corrected chi connectivity index (χ0v) is 16.7. The average molecular weight is 415 g/mol. The molecule has 0 aliphatic carbocycles. The van der Waals surface area contributed by atoms with E-state index in [1.807, 2.05) is 12.1 Å². The highest BCUT2D eigenvalue weighted by Gasteiger charge is 2.35. The molecule has 6 nitrogen and oxygen atoms in total. The Morgan fingerprint density at radius 3 is 1.52 bits per heavy atom. The lowest BCUT2D eigenvalue weighted by molar-refractivity contribution is -2.00. The van der Waals surface area contributed by atoms with Crippen LogP contribution in [-0.4, -0.2) is 37.3 Å². The molecule has 0 atom stereocenters. The van der Waals surface area contributed by atoms with Gasteiger partial charge in [-0.05, 0) is 22.0 Å². The molecule has 0 unspecified atom stereocenters. The molecule has 0 saturated carbocycles. The van der Waals surface area contributed by atoms with Crippen LogP contribution in [0.15, 0.2) is 60.7 Å². The minimum absolute atomic E-state index is 0.124. The van der Waals surface area contributed by atoms with E-state index in [1.54, 1.807) is 0 Å². The van der Waals surface area contributed by atoms with Crippen LogP contribution in [0.2, 0.25) is 0 Å². The Bertz CT molecular complexity index is 611. The molecule has 0 bridgehead atoms. The van der Waals surface area contributed by atoms with Crippen LogP contribution in [0.4, 0.5) is 0 Å². The van der Waals surface area contributed by atoms with Crippen molar-refractivity contribution in [3.8, 4) is 0 Å². The Morgan fingerprint density at radius 1 is 0.815 bits per heavy atom. The van der Waals surface area contributed by atoms with Gasteiger partial charge in [0, 0.05) is 0 Å². The Balaban J connectivity index is 0.000000465. The van der Waals surface area contributed by atoms with E-state index in [0.29, 0.717) is 16.1 Å². The maximum Gasteiger partial charge on any atom is 0.168 e. The minimum Gasteiger partial charge on any atom is -0.346 e. The van der Waals surface area contributed by atoms with Crippen LogP contribution in [-0.2, 0) is 20.4 Å². The van der Waals surface area contributed by atoms with Gasteiger partial charge < -0.3 is 9.47 Å². The van der Waals surface area contributed by atoms with Crippen molar-refractivity contribution in [2.75, 3.05) is 25.7 Å². The Morgan fingerprint density at radius 2 is 1.19 bits per heavy atom. The van der Waals surface area contributed by atoms with Gasteiger partial charge in [-0.3, -0.25) is 0 Å². The quantitative estimate of drug-likeness (QED) is 0.574. The first-order chi connectivity index (χ1) is 12.8. The molecule has 3 rings (SSSR count). The third kappa shape index (κ3) is 7.77. The van der Waals surface area contributed by atoms with Gasteiger partial charge in [0.05, 0.1) is 31.6 Å². The van der Waals surface area contributed by atoms with E-state index in [-0.39, 0.29) is 12.2 Å². The van der Waals surface area contributed by atoms with Gasteiger partial charge in [-0.15, -0.1) is 10.2 Å². The predicted octanol–water partition coefficient (Wildman–Crippen LogP) is -1.32. The summed E-state index contributed by atoms with van der Waals surface area (Å²) < 4.78 is 46.2. The van der Waals surface area contributed by atoms with E-state index < -0.39 is 10.2 Å². The summed E-state index contributed by atoms with van der Waals surface area (Å²) in [6.45, 7) is 1.58. The monoisotopic (exact) mass is 414 g/mol. The Kier molecular flexibility index (Phi) is 8.53. The van der Waals surface area contributed by atoms with Crippen LogP contribution in [0.5, 0.6) is 0 Å². The predicted molar refractivity (Wildman–Crippen MR) is 93.4 cm³/mol. The zero-order valence-electron chi connectivity index (χ0n) is 15.2. The number of rotatable bonds is 4. The van der Waals surface area contributed by atoms with Crippen molar-refractivity contribution in [1.29, 1.82) is 0 Å². The van der Waals surface area contributed by atoms with Gasteiger partial charge in [0.25, 0.3) is 0 Å². The molecule has 1 saturated heterocycles. The van der Waals surface area contributed by atoms with Gasteiger partial charge in [0.1, 0.15) is 0 Å². The minimum atomic E-state index is -4.94. The molecule has 1 aliphatic rings. The van der Waals surface area contributed by atoms with Gasteiger partial charge >= 0.3 is 0 Å². The Hall–Kier alpha value is -1.16. The van der Waals surface area contributed by atoms with E-state index in [2.05, 4.69) is 61.0 Å². The third-order valence-corrected chi connectivity index (χ3v) is 5.75. The van der Waals surface area contributed by atoms with Crippen LogP contribution in [0.3, 0.4) is 0 Å². The van der Waals surface area contributed by atoms with Gasteiger partial charge in [0.15, 0.2) is 11.5 Å². The molecular weight excluding hydrogens is 392 g/mol. The molecule has 0 aromatic heterocycles. The highest BCUT2D eigenvalue weighted by atomic mass is 35.7. The van der Waals surface area contributed by atoms with E-state index in [9.17, 15) is 0 Å². The summed E-state index contributed by atoms with van der Waals surface area (Å²) in [5, 5.41) is 0.517. The number of hydrogen-bond acceptors (Lipinski definition) is 6. The Labute approximate surface area is 164 Å². The third-order valence-electron chi connectivity index (χ3n) is 4.15. The zero-order chi connectivity index (χ0) is 19.9. The molecule has 0 amide bonds. The lowest BCUT2D eigenvalue weighted by atomic mass is 9.90. The molecule has 1 heterocycles. The van der Waals surface area contributed by atoms with Crippen LogP contribution < -0.4 is 18.6 Å². The van der Waals surface area contributed by atoms with E-state index in [4.69, 9.17) is 28.1 Å². The van der Waals surface area contributed by atoms with Crippen molar-refractivity contribution >= 4 is 10.9 Å². The largest absolute Gasteiger partial charge is 0.346 e. The van der Waals surface area contributed by atoms with Crippen LogP contribution in [0, 0.1) is 10.2 Å². The average Bonchev–Trinajstić information content (AvgIpc) is 2.63. The van der Waals surface area contributed by atoms with E-state index in [1.165, 1.54) is 11.1 Å². The highest BCUT2D eigenvalue weighted by molar-refractivity contribution is 7.96. The summed E-state index contributed by atoms with van der Waals surface area (Å²) in [5.41, 5.74) is 2.48. The van der Waals surface area contributed by atoms with Gasteiger partial charge in [-0.2, -0.15) is 0 Å². The summed E-state index contributed by atoms with van der Waals surface area (Å²) in [4.78, 5) is 0. The molecule has 8 heteroatoms. The van der Waals surface area contributed by atoms with Crippen LogP contribution in [0.1, 0.15) is 17.0 Å². The molecule has 0 N–H and O–H groups in total. The van der Waals surface area contributed by atoms with Crippen molar-refractivity contribution < 1.29 is 38.4 Å². The van der Waals surface area contributed by atoms with Gasteiger partial charge in [0.2, 0.25) is 0 Å². The second kappa shape index (κ2) is 10.4. The molecule has 0 spiro atoms. The van der Waals surface area contributed by atoms with Gasteiger partial charge in [-0.25, -0.2) is 18.6 Å². The molecule has 27 heavy (non-hydrogen) atoms. The molecule has 2 aromatic rings. The normalized spacial score (nSPS) is 20.3. The molecular formula is C19H23ClO6S. The van der Waals surface area contributed by atoms with Crippen LogP contribution in [0.25, 0.3) is 0 Å². The number of halogens is 1. The first-order valence-corrected chi connectivity index (χ1v) is 11.6. The molecule has 1 aliphatic heterocycles. The molecule has 1 fully saturated rings. The lowest BCUT2D eigenvalue weighted by Crippen LogP contribution is -2.68. The summed E-state index contributed by atoms with van der Waals surface area (Å²) in [6, 6.07) is 21.0. The van der Waals surface area contributed by atoms with Crippen molar-refractivity contribution in [2.45, 2.75) is 17.5 Å². The lowest BCUT2D eigenvalue weighted by Gasteiger charge is -2.33. The number of benzene rings is 2. The number of hydrogen-bond donors (Lipinski definition) is 0. The summed E-state index contributed by atoms with van der Waals surface area (Å²) in [5.74, 6) is 0.124. The van der Waals surface area contributed by atoms with E-state index in [0.717, 1.165) is 13.2 Å². The fraction of sp³-hybridized carbons (Fsp3) is 0.368. The summed E-state index contributed by atoms with van der Waals surface area (Å²) in [6.07, 6.45) is 4.30. The van der Waals surface area contributed by atoms with Crippen molar-refractivity contribution in [3.05, 3.63) is 71.8 Å². The summed E-state index contributed by atoms with van der Waals surface area (Å²) >= 11 is 0. The second-order valence-corrected chi connectivity index (χ2v) is 9.40. The first-order valence-electron chi connectivity index (χ1n) is 8.27. The molecule has 0 radical (unpaired) electrons. The fourth-order valence-electron chi connectivity index (χ4n) is 2.79. The van der Waals surface area contributed by atoms with Crippen LogP contribution >= 0.6 is 0 Å². The fourth-order valence-corrected chi connectivity index (χ4v) is 3.49. The van der Waals surface area contributed by atoms with Crippen molar-refractivity contribution in [1.82, 2.24) is 0 Å². The maximum atomic E-state index is 8.49. The smallest absolute Gasteiger partial charge is 0.168 e. The van der Waals surface area contributed by atoms with Crippen molar-refractivity contribution in [3.63, 3.8) is 0 Å². The maximum absolute atomic E-state index is 8.49. The first kappa shape index (κ1) is 22.1. The van der Waals surface area contributed by atoms with Crippen molar-refractivity contribution in [2.24, 2.45) is 0 Å². The summed E-state index contributed by atoms with van der Waals surface area (Å²) in [7, 11) is -4.61. The SMILES string of the molecule is C[S+](C)C1COC(C(c2ccccc2)c2ccccc2)OC1.[O-][Cl+3]([O-])([O-])[O-]. The second-order valence-electron chi connectivity index (χ2n) is 6.21. The van der Waals surface area contributed by atoms with E-state index >= 15 is 0 Å².